The van der Waals surface area contributed by atoms with E-state index in [0.717, 1.165) is 11.4 Å². The Balaban J connectivity index is 1.68. The SMILES string of the molecule is Cc1csc2nc([C@H](C)Nc3ncnc4c3N=CC4)c(-c3cccc(F)c3)c(=O)n12. The van der Waals surface area contributed by atoms with Crippen LogP contribution in [0, 0.1) is 12.7 Å². The lowest BCUT2D eigenvalue weighted by Crippen LogP contribution is -2.23. The molecule has 0 saturated carbocycles. The zero-order valence-corrected chi connectivity index (χ0v) is 17.1. The lowest BCUT2D eigenvalue weighted by Gasteiger charge is -2.18. The van der Waals surface area contributed by atoms with Gasteiger partial charge >= 0.3 is 0 Å². The maximum Gasteiger partial charge on any atom is 0.266 e. The fraction of sp³-hybridized carbons (Fsp3) is 0.190. The van der Waals surface area contributed by atoms with E-state index in [4.69, 9.17) is 4.98 Å². The van der Waals surface area contributed by atoms with Crippen molar-refractivity contribution < 1.29 is 4.39 Å². The number of halogens is 1. The minimum Gasteiger partial charge on any atom is -0.360 e. The summed E-state index contributed by atoms with van der Waals surface area (Å²) in [5.41, 5.74) is 3.50. The fourth-order valence-corrected chi connectivity index (χ4v) is 4.49. The van der Waals surface area contributed by atoms with E-state index in [-0.39, 0.29) is 11.6 Å². The summed E-state index contributed by atoms with van der Waals surface area (Å²) in [6.07, 6.45) is 3.94. The van der Waals surface area contributed by atoms with Gasteiger partial charge in [0.2, 0.25) is 0 Å². The number of hydrogen-bond acceptors (Lipinski definition) is 7. The van der Waals surface area contributed by atoms with Gasteiger partial charge in [-0.1, -0.05) is 12.1 Å². The van der Waals surface area contributed by atoms with Crippen molar-refractivity contribution in [3.05, 3.63) is 69.2 Å². The molecule has 0 fully saturated rings. The Morgan fingerprint density at radius 3 is 3.00 bits per heavy atom. The molecule has 7 nitrogen and oxygen atoms in total. The third kappa shape index (κ3) is 2.98. The summed E-state index contributed by atoms with van der Waals surface area (Å²) in [5, 5.41) is 5.20. The highest BCUT2D eigenvalue weighted by atomic mass is 32.1. The number of hydrogen-bond donors (Lipinski definition) is 1. The van der Waals surface area contributed by atoms with Crippen LogP contribution in [0.1, 0.15) is 30.0 Å². The predicted octanol–water partition coefficient (Wildman–Crippen LogP) is 4.09. The molecule has 0 unspecified atom stereocenters. The highest BCUT2D eigenvalue weighted by Gasteiger charge is 2.23. The molecule has 1 aromatic carbocycles. The first-order valence-corrected chi connectivity index (χ1v) is 10.3. The smallest absolute Gasteiger partial charge is 0.266 e. The van der Waals surface area contributed by atoms with Crippen molar-refractivity contribution >= 4 is 34.0 Å². The van der Waals surface area contributed by atoms with Crippen molar-refractivity contribution in [1.82, 2.24) is 19.4 Å². The van der Waals surface area contributed by atoms with Crippen LogP contribution in [-0.4, -0.2) is 25.6 Å². The second kappa shape index (κ2) is 7.10. The molecule has 30 heavy (non-hydrogen) atoms. The highest BCUT2D eigenvalue weighted by Crippen LogP contribution is 2.33. The third-order valence-electron chi connectivity index (χ3n) is 5.05. The molecule has 3 aromatic heterocycles. The van der Waals surface area contributed by atoms with Gasteiger partial charge in [-0.15, -0.1) is 11.3 Å². The Kier molecular flexibility index (Phi) is 4.39. The second-order valence-electron chi connectivity index (χ2n) is 7.08. The molecular weight excluding hydrogens is 403 g/mol. The number of aliphatic imine (C=N–C) groups is 1. The van der Waals surface area contributed by atoms with E-state index in [0.29, 0.717) is 39.7 Å². The minimum absolute atomic E-state index is 0.223. The van der Waals surface area contributed by atoms with Crippen molar-refractivity contribution in [1.29, 1.82) is 0 Å². The van der Waals surface area contributed by atoms with Crippen LogP contribution in [0.5, 0.6) is 0 Å². The van der Waals surface area contributed by atoms with Crippen molar-refractivity contribution in [3.8, 4) is 11.1 Å². The number of anilines is 1. The van der Waals surface area contributed by atoms with E-state index < -0.39 is 5.82 Å². The highest BCUT2D eigenvalue weighted by molar-refractivity contribution is 7.15. The molecule has 0 amide bonds. The van der Waals surface area contributed by atoms with Gasteiger partial charge in [0.1, 0.15) is 17.8 Å². The van der Waals surface area contributed by atoms with E-state index in [1.807, 2.05) is 19.2 Å². The summed E-state index contributed by atoms with van der Waals surface area (Å²) in [6.45, 7) is 3.75. The maximum absolute atomic E-state index is 14.0. The molecule has 9 heteroatoms. The van der Waals surface area contributed by atoms with E-state index >= 15 is 0 Å². The summed E-state index contributed by atoms with van der Waals surface area (Å²) in [7, 11) is 0. The molecule has 0 bridgehead atoms. The largest absolute Gasteiger partial charge is 0.360 e. The van der Waals surface area contributed by atoms with E-state index in [9.17, 15) is 9.18 Å². The molecule has 1 atom stereocenters. The summed E-state index contributed by atoms with van der Waals surface area (Å²) < 4.78 is 15.5. The van der Waals surface area contributed by atoms with Gasteiger partial charge in [0.25, 0.3) is 5.56 Å². The summed E-state index contributed by atoms with van der Waals surface area (Å²) >= 11 is 1.39. The quantitative estimate of drug-likeness (QED) is 0.538. The zero-order valence-electron chi connectivity index (χ0n) is 16.3. The molecule has 150 valence electrons. The van der Waals surface area contributed by atoms with Crippen LogP contribution in [0.15, 0.2) is 45.8 Å². The molecule has 1 aliphatic rings. The van der Waals surface area contributed by atoms with Gasteiger partial charge in [-0.3, -0.25) is 14.2 Å². The lowest BCUT2D eigenvalue weighted by atomic mass is 10.0. The van der Waals surface area contributed by atoms with Gasteiger partial charge in [0.15, 0.2) is 10.8 Å². The number of aromatic nitrogens is 4. The summed E-state index contributed by atoms with van der Waals surface area (Å²) in [5.74, 6) is 0.171. The molecule has 1 N–H and O–H groups in total. The lowest BCUT2D eigenvalue weighted by molar-refractivity contribution is 0.628. The van der Waals surface area contributed by atoms with Crippen molar-refractivity contribution in [2.24, 2.45) is 4.99 Å². The number of aryl methyl sites for hydroxylation is 1. The van der Waals surface area contributed by atoms with Crippen molar-refractivity contribution in [2.45, 2.75) is 26.3 Å². The zero-order chi connectivity index (χ0) is 20.8. The third-order valence-corrected chi connectivity index (χ3v) is 5.99. The number of fused-ring (bicyclic) bond motifs is 2. The minimum atomic E-state index is -0.409. The number of benzene rings is 1. The molecular formula is C21H17FN6OS. The van der Waals surface area contributed by atoms with Gasteiger partial charge in [0.05, 0.1) is 23.0 Å². The van der Waals surface area contributed by atoms with Gasteiger partial charge in [0, 0.05) is 23.7 Å². The van der Waals surface area contributed by atoms with Crippen LogP contribution in [0.3, 0.4) is 0 Å². The first-order valence-electron chi connectivity index (χ1n) is 9.42. The van der Waals surface area contributed by atoms with Gasteiger partial charge < -0.3 is 5.32 Å². The molecule has 0 saturated heterocycles. The number of thiazole rings is 1. The topological polar surface area (TPSA) is 84.5 Å². The normalized spacial score (nSPS) is 13.6. The predicted molar refractivity (Wildman–Crippen MR) is 115 cm³/mol. The van der Waals surface area contributed by atoms with Crippen LogP contribution in [0.2, 0.25) is 0 Å². The Morgan fingerprint density at radius 2 is 2.17 bits per heavy atom. The Labute approximate surface area is 175 Å². The van der Waals surface area contributed by atoms with Crippen LogP contribution in [-0.2, 0) is 6.42 Å². The van der Waals surface area contributed by atoms with Crippen LogP contribution in [0.25, 0.3) is 16.1 Å². The van der Waals surface area contributed by atoms with Crippen molar-refractivity contribution in [2.75, 3.05) is 5.32 Å². The van der Waals surface area contributed by atoms with Crippen LogP contribution in [0.4, 0.5) is 15.9 Å². The molecule has 0 radical (unpaired) electrons. The van der Waals surface area contributed by atoms with Crippen LogP contribution < -0.4 is 10.9 Å². The average Bonchev–Trinajstić information content (AvgIpc) is 3.35. The van der Waals surface area contributed by atoms with Crippen molar-refractivity contribution in [3.63, 3.8) is 0 Å². The first kappa shape index (κ1) is 18.6. The monoisotopic (exact) mass is 420 g/mol. The molecule has 4 heterocycles. The Bertz CT molecular complexity index is 1380. The first-order chi connectivity index (χ1) is 14.5. The molecule has 0 spiro atoms. The number of nitrogens with one attached hydrogen (secondary N) is 1. The average molecular weight is 420 g/mol. The Hall–Kier alpha value is -3.46. The maximum atomic E-state index is 14.0. The molecule has 1 aliphatic heterocycles. The fourth-order valence-electron chi connectivity index (χ4n) is 3.63. The van der Waals surface area contributed by atoms with Gasteiger partial charge in [-0.25, -0.2) is 19.3 Å². The standard InChI is InChI=1S/C21H17FN6OS/c1-11-9-30-21-27-17(12(2)26-19-18-15(6-7-23-18)24-10-25-19)16(20(29)28(11)21)13-4-3-5-14(22)8-13/h3-5,7-10,12H,6H2,1-2H3,(H,24,25,26)/t12-/m0/s1. The number of nitrogens with zero attached hydrogens (tertiary/aromatic N) is 5. The van der Waals surface area contributed by atoms with E-state index in [2.05, 4.69) is 20.3 Å². The van der Waals surface area contributed by atoms with Gasteiger partial charge in [-0.2, -0.15) is 0 Å². The van der Waals surface area contributed by atoms with Crippen LogP contribution >= 0.6 is 11.3 Å². The second-order valence-corrected chi connectivity index (χ2v) is 7.92. The van der Waals surface area contributed by atoms with E-state index in [1.54, 1.807) is 22.7 Å². The van der Waals surface area contributed by atoms with E-state index in [1.165, 1.54) is 29.8 Å². The molecule has 5 rings (SSSR count). The molecule has 4 aromatic rings. The summed E-state index contributed by atoms with van der Waals surface area (Å²) in [4.78, 5) is 31.7. The summed E-state index contributed by atoms with van der Waals surface area (Å²) in [6, 6.07) is 5.64. The Morgan fingerprint density at radius 1 is 1.30 bits per heavy atom. The number of rotatable bonds is 4. The molecule has 0 aliphatic carbocycles. The van der Waals surface area contributed by atoms with Gasteiger partial charge in [-0.05, 0) is 31.5 Å².